The van der Waals surface area contributed by atoms with Crippen LogP contribution in [0.5, 0.6) is 5.75 Å². The molecule has 1 saturated heterocycles. The van der Waals surface area contributed by atoms with Crippen LogP contribution in [-0.4, -0.2) is 91.2 Å². The summed E-state index contributed by atoms with van der Waals surface area (Å²) in [7, 11) is 0. The van der Waals surface area contributed by atoms with Crippen LogP contribution < -0.4 is 15.4 Å². The SMILES string of the molecule is CC1(C)c2ccccc2C2CCOCCN3CCNC(=O)CC(=O)NCCN(CC3)Cc3cc([N+](=O)[O-])cc4c3OC21C=C4. The number of nitro benzene ring substituents is 1. The van der Waals surface area contributed by atoms with E-state index in [1.54, 1.807) is 12.1 Å². The highest BCUT2D eigenvalue weighted by Crippen LogP contribution is 2.59. The molecule has 4 unspecified atom stereocenters. The third kappa shape index (κ3) is 5.71. The summed E-state index contributed by atoms with van der Waals surface area (Å²) in [6, 6.07) is 11.7. The lowest BCUT2D eigenvalue weighted by Crippen LogP contribution is -2.52. The molecule has 44 heavy (non-hydrogen) atoms. The molecule has 0 aromatic heterocycles. The zero-order valence-corrected chi connectivity index (χ0v) is 25.5. The van der Waals surface area contributed by atoms with E-state index in [0.29, 0.717) is 76.9 Å². The first-order chi connectivity index (χ1) is 21.2. The van der Waals surface area contributed by atoms with Crippen LogP contribution in [0.1, 0.15) is 54.9 Å². The van der Waals surface area contributed by atoms with Crippen molar-refractivity contribution in [1.29, 1.82) is 0 Å². The van der Waals surface area contributed by atoms with E-state index in [1.165, 1.54) is 11.1 Å². The number of ether oxygens (including phenoxy) is 2. The molecule has 0 saturated carbocycles. The van der Waals surface area contributed by atoms with Crippen LogP contribution in [0.3, 0.4) is 0 Å². The van der Waals surface area contributed by atoms with Crippen molar-refractivity contribution in [2.75, 3.05) is 59.0 Å². The second-order valence-electron chi connectivity index (χ2n) is 12.7. The Kier molecular flexibility index (Phi) is 8.45. The molecule has 1 spiro atoms. The monoisotopic (exact) mass is 603 g/mol. The van der Waals surface area contributed by atoms with Gasteiger partial charge in [0.2, 0.25) is 11.8 Å². The van der Waals surface area contributed by atoms with Gasteiger partial charge in [-0.2, -0.15) is 0 Å². The fourth-order valence-corrected chi connectivity index (χ4v) is 7.33. The Morgan fingerprint density at radius 3 is 2.45 bits per heavy atom. The van der Waals surface area contributed by atoms with Gasteiger partial charge in [-0.15, -0.1) is 0 Å². The average molecular weight is 604 g/mol. The van der Waals surface area contributed by atoms with Gasteiger partial charge in [0.1, 0.15) is 17.8 Å². The number of carbonyl (C=O) groups excluding carboxylic acids is 2. The predicted octanol–water partition coefficient (Wildman–Crippen LogP) is 2.97. The largest absolute Gasteiger partial charge is 0.481 e. The van der Waals surface area contributed by atoms with Crippen LogP contribution in [0, 0.1) is 10.1 Å². The van der Waals surface area contributed by atoms with Gasteiger partial charge in [-0.25, -0.2) is 0 Å². The van der Waals surface area contributed by atoms with Gasteiger partial charge in [0.05, 0.1) is 11.5 Å². The summed E-state index contributed by atoms with van der Waals surface area (Å²) in [5, 5.41) is 17.7. The van der Waals surface area contributed by atoms with E-state index >= 15 is 0 Å². The molecule has 4 bridgehead atoms. The van der Waals surface area contributed by atoms with Crippen molar-refractivity contribution in [1.82, 2.24) is 20.4 Å². The van der Waals surface area contributed by atoms with Crippen molar-refractivity contribution in [3.63, 3.8) is 0 Å². The van der Waals surface area contributed by atoms with Crippen LogP contribution in [0.15, 0.2) is 42.5 Å². The van der Waals surface area contributed by atoms with Gasteiger partial charge >= 0.3 is 0 Å². The maximum Gasteiger partial charge on any atom is 0.270 e. The number of benzene rings is 2. The molecule has 4 aliphatic rings. The number of nitrogens with zero attached hydrogens (tertiary/aromatic N) is 3. The molecule has 3 aliphatic heterocycles. The van der Waals surface area contributed by atoms with Gasteiger partial charge in [0.15, 0.2) is 0 Å². The summed E-state index contributed by atoms with van der Waals surface area (Å²) in [6.07, 6.45) is 4.65. The summed E-state index contributed by atoms with van der Waals surface area (Å²) in [5.74, 6) is 0.0556. The Morgan fingerprint density at radius 1 is 0.955 bits per heavy atom. The molecule has 6 rings (SSSR count). The third-order valence-corrected chi connectivity index (χ3v) is 9.73. The molecule has 1 fully saturated rings. The number of non-ortho nitro benzene ring substituents is 1. The average Bonchev–Trinajstić information content (AvgIpc) is 3.17. The Labute approximate surface area is 257 Å². The quantitative estimate of drug-likeness (QED) is 0.290. The maximum atomic E-state index is 12.4. The lowest BCUT2D eigenvalue weighted by Gasteiger charge is -2.46. The van der Waals surface area contributed by atoms with Gasteiger partial charge < -0.3 is 20.1 Å². The minimum atomic E-state index is -0.710. The lowest BCUT2D eigenvalue weighted by atomic mass is 9.69. The van der Waals surface area contributed by atoms with Crippen molar-refractivity contribution in [2.24, 2.45) is 0 Å². The van der Waals surface area contributed by atoms with E-state index in [0.717, 1.165) is 12.0 Å². The van der Waals surface area contributed by atoms with Crippen LogP contribution in [0.4, 0.5) is 5.69 Å². The zero-order valence-electron chi connectivity index (χ0n) is 25.5. The van der Waals surface area contributed by atoms with Gasteiger partial charge in [-0.1, -0.05) is 44.2 Å². The maximum absolute atomic E-state index is 12.4. The summed E-state index contributed by atoms with van der Waals surface area (Å²) < 4.78 is 13.4. The van der Waals surface area contributed by atoms with Crippen molar-refractivity contribution >= 4 is 23.6 Å². The zero-order chi connectivity index (χ0) is 30.9. The minimum absolute atomic E-state index is 0.0155. The lowest BCUT2D eigenvalue weighted by molar-refractivity contribution is -0.385. The number of nitrogens with one attached hydrogen (secondary N) is 2. The number of rotatable bonds is 1. The minimum Gasteiger partial charge on any atom is -0.481 e. The highest BCUT2D eigenvalue weighted by atomic mass is 16.6. The van der Waals surface area contributed by atoms with E-state index in [1.807, 2.05) is 6.08 Å². The first-order valence-electron chi connectivity index (χ1n) is 15.5. The number of hydrogen-bond acceptors (Lipinski definition) is 8. The Morgan fingerprint density at radius 2 is 1.68 bits per heavy atom. The summed E-state index contributed by atoms with van der Waals surface area (Å²) in [6.45, 7) is 9.91. The molecule has 11 nitrogen and oxygen atoms in total. The van der Waals surface area contributed by atoms with Gasteiger partial charge in [-0.05, 0) is 23.6 Å². The van der Waals surface area contributed by atoms with Crippen molar-refractivity contribution in [2.45, 2.75) is 50.2 Å². The van der Waals surface area contributed by atoms with E-state index in [2.05, 4.69) is 64.6 Å². The van der Waals surface area contributed by atoms with Crippen LogP contribution in [-0.2, 0) is 26.3 Å². The van der Waals surface area contributed by atoms with Crippen molar-refractivity contribution in [3.05, 3.63) is 74.8 Å². The molecule has 2 N–H and O–H groups in total. The topological polar surface area (TPSA) is 126 Å². The van der Waals surface area contributed by atoms with Crippen molar-refractivity contribution < 1.29 is 24.0 Å². The Bertz CT molecular complexity index is 1470. The van der Waals surface area contributed by atoms with Gasteiger partial charge in [0, 0.05) is 93.6 Å². The highest BCUT2D eigenvalue weighted by Gasteiger charge is 2.59. The van der Waals surface area contributed by atoms with E-state index in [-0.39, 0.29) is 40.2 Å². The van der Waals surface area contributed by atoms with Gasteiger partial charge in [0.25, 0.3) is 5.69 Å². The first-order valence-corrected chi connectivity index (χ1v) is 15.5. The fraction of sp³-hybridized carbons (Fsp3) is 0.515. The fourth-order valence-electron chi connectivity index (χ4n) is 7.33. The molecule has 11 heteroatoms. The van der Waals surface area contributed by atoms with Crippen LogP contribution in [0.25, 0.3) is 6.08 Å². The predicted molar refractivity (Wildman–Crippen MR) is 165 cm³/mol. The number of fused-ring (bicyclic) bond motifs is 5. The normalized spacial score (nSPS) is 28.7. The molecular formula is C33H41N5O6. The second-order valence-corrected chi connectivity index (χ2v) is 12.7. The van der Waals surface area contributed by atoms with E-state index in [4.69, 9.17) is 9.47 Å². The molecule has 3 heterocycles. The summed E-state index contributed by atoms with van der Waals surface area (Å²) >= 11 is 0. The molecule has 2 aromatic rings. The summed E-state index contributed by atoms with van der Waals surface area (Å²) in [4.78, 5) is 40.8. The molecule has 234 valence electrons. The van der Waals surface area contributed by atoms with E-state index in [9.17, 15) is 19.7 Å². The molecule has 0 radical (unpaired) electrons. The third-order valence-electron chi connectivity index (χ3n) is 9.73. The van der Waals surface area contributed by atoms with Crippen molar-refractivity contribution in [3.8, 4) is 5.75 Å². The molecule has 4 atom stereocenters. The molecular weight excluding hydrogens is 562 g/mol. The smallest absolute Gasteiger partial charge is 0.270 e. The molecule has 2 amide bonds. The highest BCUT2D eigenvalue weighted by molar-refractivity contribution is 5.96. The summed E-state index contributed by atoms with van der Waals surface area (Å²) in [5.41, 5.74) is 2.84. The Hall–Kier alpha value is -3.80. The number of hydrogen-bond donors (Lipinski definition) is 2. The number of nitro groups is 1. The Balaban J connectivity index is 1.43. The van der Waals surface area contributed by atoms with E-state index < -0.39 is 5.60 Å². The van der Waals surface area contributed by atoms with Crippen LogP contribution in [0.2, 0.25) is 0 Å². The number of carbonyl (C=O) groups is 2. The van der Waals surface area contributed by atoms with Crippen LogP contribution >= 0.6 is 0 Å². The standard InChI is InChI=1S/C33H41N5O6/c1-32(2)27-6-4-3-5-26(27)28-8-17-43-18-16-36-12-10-34-29(39)21-30(40)35-11-13-37(15-14-36)22-24-20-25(38(41)42)19-23-7-9-33(28,32)44-31(23)24/h3-7,9,19-20,28H,8,10-18,21-22H2,1-2H3,(H,34,39)(H,35,40). The molecule has 2 aromatic carbocycles. The first kappa shape index (κ1) is 30.2. The second kappa shape index (κ2) is 12.3. The van der Waals surface area contributed by atoms with Gasteiger partial charge in [-0.3, -0.25) is 29.5 Å². The number of amides is 2. The molecule has 1 aliphatic carbocycles.